The Kier molecular flexibility index (Phi) is 4.80. The minimum Gasteiger partial charge on any atom is -0.457 e. The summed E-state index contributed by atoms with van der Waals surface area (Å²) in [4.78, 5) is 25.4. The van der Waals surface area contributed by atoms with Crippen molar-refractivity contribution in [3.8, 4) is 11.5 Å². The Hall–Kier alpha value is -2.51. The number of ether oxygens (including phenoxy) is 1. The molecular formula is C20H19NO5S. The molecule has 0 radical (unpaired) electrons. The van der Waals surface area contributed by atoms with E-state index in [1.54, 1.807) is 12.1 Å². The van der Waals surface area contributed by atoms with Crippen molar-refractivity contribution in [2.75, 3.05) is 26.4 Å². The predicted octanol–water partition coefficient (Wildman–Crippen LogP) is 3.43. The molecule has 0 saturated heterocycles. The summed E-state index contributed by atoms with van der Waals surface area (Å²) in [5.74, 6) is 2.35. The summed E-state index contributed by atoms with van der Waals surface area (Å²) in [6, 6.07) is 11.3. The van der Waals surface area contributed by atoms with Gasteiger partial charge in [0.15, 0.2) is 11.2 Å². The molecule has 4 rings (SSSR count). The van der Waals surface area contributed by atoms with Crippen LogP contribution in [0.25, 0.3) is 11.2 Å². The van der Waals surface area contributed by atoms with E-state index in [0.717, 1.165) is 29.2 Å². The Morgan fingerprint density at radius 1 is 1.04 bits per heavy atom. The highest BCUT2D eigenvalue weighted by atomic mass is 32.2. The average molecular weight is 385 g/mol. The van der Waals surface area contributed by atoms with Crippen molar-refractivity contribution in [3.05, 3.63) is 68.4 Å². The van der Waals surface area contributed by atoms with Crippen LogP contribution in [0.15, 0.2) is 54.8 Å². The molecule has 3 aromatic rings. The van der Waals surface area contributed by atoms with E-state index in [1.165, 1.54) is 0 Å². The molecule has 0 saturated carbocycles. The first-order valence-electron chi connectivity index (χ1n) is 8.66. The third-order valence-electron chi connectivity index (χ3n) is 4.48. The molecule has 6 nitrogen and oxygen atoms in total. The van der Waals surface area contributed by atoms with Gasteiger partial charge in [0.2, 0.25) is 0 Å². The lowest BCUT2D eigenvalue weighted by Crippen LogP contribution is -2.21. The van der Waals surface area contributed by atoms with E-state index in [9.17, 15) is 9.59 Å². The monoisotopic (exact) mass is 385 g/mol. The fraction of sp³-hybridized carbons (Fsp3) is 0.300. The Balaban J connectivity index is 1.82. The minimum absolute atomic E-state index is 0.130. The largest absolute Gasteiger partial charge is 0.457 e. The lowest BCUT2D eigenvalue weighted by Gasteiger charge is -2.17. The fourth-order valence-electron chi connectivity index (χ4n) is 3.12. The Morgan fingerprint density at radius 3 is 2.63 bits per heavy atom. The molecule has 7 heteroatoms. The van der Waals surface area contributed by atoms with Gasteiger partial charge in [0.25, 0.3) is 0 Å². The van der Waals surface area contributed by atoms with Gasteiger partial charge in [-0.1, -0.05) is 18.2 Å². The van der Waals surface area contributed by atoms with Gasteiger partial charge in [0.1, 0.15) is 11.5 Å². The smallest absolute Gasteiger partial charge is 0.423 e. The van der Waals surface area contributed by atoms with Crippen molar-refractivity contribution >= 4 is 22.9 Å². The molecule has 1 aliphatic heterocycles. The van der Waals surface area contributed by atoms with E-state index >= 15 is 0 Å². The van der Waals surface area contributed by atoms with Crippen LogP contribution in [0.2, 0.25) is 0 Å². The zero-order chi connectivity index (χ0) is 19.0. The predicted molar refractivity (Wildman–Crippen MR) is 105 cm³/mol. The van der Waals surface area contributed by atoms with E-state index in [4.69, 9.17) is 13.6 Å². The third kappa shape index (κ3) is 3.52. The molecule has 0 bridgehead atoms. The lowest BCUT2D eigenvalue weighted by molar-refractivity contribution is 0.437. The molecule has 1 atom stereocenters. The van der Waals surface area contributed by atoms with Crippen molar-refractivity contribution in [2.45, 2.75) is 11.7 Å². The van der Waals surface area contributed by atoms with Crippen molar-refractivity contribution in [1.29, 1.82) is 0 Å². The second-order valence-electron chi connectivity index (χ2n) is 6.66. The van der Waals surface area contributed by atoms with E-state index in [1.807, 2.05) is 44.1 Å². The Bertz CT molecular complexity index is 1100. The number of thioether (sulfide) groups is 1. The molecule has 2 aromatic carbocycles. The van der Waals surface area contributed by atoms with Gasteiger partial charge in [-0.15, -0.1) is 0 Å². The summed E-state index contributed by atoms with van der Waals surface area (Å²) in [7, 11) is 4.09. The second kappa shape index (κ2) is 7.25. The van der Waals surface area contributed by atoms with E-state index in [2.05, 4.69) is 11.0 Å². The highest BCUT2D eigenvalue weighted by Gasteiger charge is 2.27. The van der Waals surface area contributed by atoms with Crippen molar-refractivity contribution in [1.82, 2.24) is 4.90 Å². The van der Waals surface area contributed by atoms with Gasteiger partial charge in [-0.25, -0.2) is 9.59 Å². The van der Waals surface area contributed by atoms with E-state index < -0.39 is 11.3 Å². The molecular weight excluding hydrogens is 366 g/mol. The lowest BCUT2D eigenvalue weighted by atomic mass is 10.0. The first-order chi connectivity index (χ1) is 13.0. The number of fused-ring (bicyclic) bond motifs is 4. The maximum atomic E-state index is 11.7. The molecule has 0 spiro atoms. The van der Waals surface area contributed by atoms with E-state index in [-0.39, 0.29) is 16.4 Å². The normalized spacial score (nSPS) is 15.9. The van der Waals surface area contributed by atoms with Crippen LogP contribution in [-0.2, 0) is 6.42 Å². The van der Waals surface area contributed by atoms with Gasteiger partial charge >= 0.3 is 11.3 Å². The molecule has 27 heavy (non-hydrogen) atoms. The highest BCUT2D eigenvalue weighted by Crippen LogP contribution is 2.45. The quantitative estimate of drug-likeness (QED) is 0.637. The van der Waals surface area contributed by atoms with Crippen LogP contribution in [0, 0.1) is 0 Å². The minimum atomic E-state index is -1.01. The standard InChI is InChI=1S/C20H19NO5S/c1-21(2)9-10-27-17-11-13-15(24-14-6-4-3-5-12(14)17)7-8-16-18(13)26-20(23)19(22)25-16/h3-8,17H,9-11H2,1-2H3. The SMILES string of the molecule is CN(C)CCSC1Cc2c(ccc3oc(=O)c(=O)oc23)Oc2ccccc21. The maximum absolute atomic E-state index is 11.7. The van der Waals surface area contributed by atoms with E-state index in [0.29, 0.717) is 12.2 Å². The van der Waals surface area contributed by atoms with Crippen molar-refractivity contribution in [3.63, 3.8) is 0 Å². The number of hydrogen-bond donors (Lipinski definition) is 0. The van der Waals surface area contributed by atoms with Gasteiger partial charge in [-0.05, 0) is 38.7 Å². The summed E-state index contributed by atoms with van der Waals surface area (Å²) >= 11 is 1.83. The van der Waals surface area contributed by atoms with Crippen molar-refractivity contribution < 1.29 is 13.6 Å². The summed E-state index contributed by atoms with van der Waals surface area (Å²) in [6.07, 6.45) is 0.610. The number of hydrogen-bond acceptors (Lipinski definition) is 7. The van der Waals surface area contributed by atoms with Crippen LogP contribution >= 0.6 is 11.8 Å². The van der Waals surface area contributed by atoms with Gasteiger partial charge in [-0.3, -0.25) is 0 Å². The van der Waals surface area contributed by atoms with Crippen LogP contribution in [0.1, 0.15) is 16.4 Å². The molecule has 0 N–H and O–H groups in total. The van der Waals surface area contributed by atoms with Crippen LogP contribution in [0.4, 0.5) is 0 Å². The van der Waals surface area contributed by atoms with Crippen molar-refractivity contribution in [2.24, 2.45) is 0 Å². The fourth-order valence-corrected chi connectivity index (χ4v) is 4.54. The first-order valence-corrected chi connectivity index (χ1v) is 9.71. The van der Waals surface area contributed by atoms with Crippen LogP contribution in [0.3, 0.4) is 0 Å². The van der Waals surface area contributed by atoms with Gasteiger partial charge < -0.3 is 18.5 Å². The summed E-state index contributed by atoms with van der Waals surface area (Å²) in [6.45, 7) is 0.955. The molecule has 2 heterocycles. The topological polar surface area (TPSA) is 72.9 Å². The zero-order valence-electron chi connectivity index (χ0n) is 15.1. The Labute approximate surface area is 159 Å². The average Bonchev–Trinajstić information content (AvgIpc) is 2.79. The molecule has 1 unspecified atom stereocenters. The second-order valence-corrected chi connectivity index (χ2v) is 7.97. The molecule has 0 fully saturated rings. The summed E-state index contributed by atoms with van der Waals surface area (Å²) in [5.41, 5.74) is 0.372. The summed E-state index contributed by atoms with van der Waals surface area (Å²) < 4.78 is 16.5. The number of benzene rings is 2. The summed E-state index contributed by atoms with van der Waals surface area (Å²) in [5, 5.41) is 0.130. The number of rotatable bonds is 4. The third-order valence-corrected chi connectivity index (χ3v) is 5.72. The van der Waals surface area contributed by atoms with Gasteiger partial charge in [0, 0.05) is 28.7 Å². The molecule has 1 aromatic heterocycles. The van der Waals surface area contributed by atoms with Crippen LogP contribution in [0.5, 0.6) is 11.5 Å². The van der Waals surface area contributed by atoms with Crippen LogP contribution < -0.4 is 16.0 Å². The highest BCUT2D eigenvalue weighted by molar-refractivity contribution is 7.99. The maximum Gasteiger partial charge on any atom is 0.423 e. The van der Waals surface area contributed by atoms with Gasteiger partial charge in [-0.2, -0.15) is 11.8 Å². The van der Waals surface area contributed by atoms with Gasteiger partial charge in [0.05, 0.1) is 0 Å². The number of para-hydroxylation sites is 1. The molecule has 1 aliphatic rings. The van der Waals surface area contributed by atoms with Crippen LogP contribution in [-0.4, -0.2) is 31.3 Å². The number of nitrogens with zero attached hydrogens (tertiary/aromatic N) is 1. The zero-order valence-corrected chi connectivity index (χ0v) is 15.9. The molecule has 140 valence electrons. The Morgan fingerprint density at radius 2 is 1.81 bits per heavy atom. The molecule has 0 aliphatic carbocycles. The first kappa shape index (κ1) is 17.9. The molecule has 0 amide bonds.